The van der Waals surface area contributed by atoms with Crippen molar-refractivity contribution in [3.63, 3.8) is 0 Å². The molecule has 0 bridgehead atoms. The van der Waals surface area contributed by atoms with Gasteiger partial charge in [-0.2, -0.15) is 4.99 Å². The van der Waals surface area contributed by atoms with Crippen LogP contribution in [0, 0.1) is 13.8 Å². The van der Waals surface area contributed by atoms with Gasteiger partial charge in [0.1, 0.15) is 0 Å². The molecule has 0 radical (unpaired) electrons. The molecule has 0 unspecified atom stereocenters. The number of rotatable bonds is 4. The summed E-state index contributed by atoms with van der Waals surface area (Å²) >= 11 is 3.17. The summed E-state index contributed by atoms with van der Waals surface area (Å²) in [4.78, 5) is 19.0. The predicted molar refractivity (Wildman–Crippen MR) is 108 cm³/mol. The van der Waals surface area contributed by atoms with Crippen LogP contribution in [0.3, 0.4) is 0 Å². The Morgan fingerprint density at radius 1 is 1.20 bits per heavy atom. The number of amides is 1. The highest BCUT2D eigenvalue weighted by Gasteiger charge is 2.12. The maximum atomic E-state index is 12.8. The first-order valence-corrected chi connectivity index (χ1v) is 10.4. The minimum absolute atomic E-state index is 0.171. The van der Waals surface area contributed by atoms with Gasteiger partial charge in [-0.15, -0.1) is 11.8 Å². The summed E-state index contributed by atoms with van der Waals surface area (Å²) in [7, 11) is 0. The number of aromatic nitrogens is 1. The molecule has 0 saturated carbocycles. The highest BCUT2D eigenvalue weighted by molar-refractivity contribution is 7.98. The second kappa shape index (κ2) is 7.58. The first kappa shape index (κ1) is 18.0. The van der Waals surface area contributed by atoms with Crippen molar-refractivity contribution in [3.8, 4) is 0 Å². The number of aryl methyl sites for hydroxylation is 3. The third-order valence-electron chi connectivity index (χ3n) is 4.28. The molecule has 3 nitrogen and oxygen atoms in total. The molecule has 25 heavy (non-hydrogen) atoms. The standard InChI is InChI=1S/C20H22N2OS2/c1-5-10-22-16-11-13(2)14(3)12-18(16)25-20(22)21-19(23)15-8-6-7-9-17(15)24-4/h6-9,11-12H,5,10H2,1-4H3. The van der Waals surface area contributed by atoms with Gasteiger partial charge in [0.2, 0.25) is 0 Å². The molecule has 0 atom stereocenters. The molecule has 0 N–H and O–H groups in total. The molecule has 3 aromatic rings. The number of fused-ring (bicyclic) bond motifs is 1. The fourth-order valence-electron chi connectivity index (χ4n) is 2.81. The van der Waals surface area contributed by atoms with Crippen LogP contribution in [0.25, 0.3) is 10.2 Å². The van der Waals surface area contributed by atoms with Gasteiger partial charge in [0.15, 0.2) is 4.80 Å². The van der Waals surface area contributed by atoms with E-state index in [-0.39, 0.29) is 5.91 Å². The third-order valence-corrected chi connectivity index (χ3v) is 6.12. The van der Waals surface area contributed by atoms with Gasteiger partial charge in [-0.05, 0) is 61.9 Å². The number of carbonyl (C=O) groups is 1. The van der Waals surface area contributed by atoms with Gasteiger partial charge in [0.05, 0.1) is 15.8 Å². The second-order valence-corrected chi connectivity index (χ2v) is 7.91. The zero-order valence-corrected chi connectivity index (χ0v) is 16.6. The van der Waals surface area contributed by atoms with Crippen molar-refractivity contribution in [1.29, 1.82) is 0 Å². The SMILES string of the molecule is CCCn1c(=NC(=O)c2ccccc2SC)sc2cc(C)c(C)cc21. The van der Waals surface area contributed by atoms with Gasteiger partial charge < -0.3 is 4.57 Å². The number of hydrogen-bond donors (Lipinski definition) is 0. The zero-order chi connectivity index (χ0) is 18.0. The number of hydrogen-bond acceptors (Lipinski definition) is 3. The van der Waals surface area contributed by atoms with Crippen molar-refractivity contribution >= 4 is 39.2 Å². The van der Waals surface area contributed by atoms with E-state index in [0.717, 1.165) is 22.7 Å². The summed E-state index contributed by atoms with van der Waals surface area (Å²) in [6.07, 6.45) is 2.98. The van der Waals surface area contributed by atoms with Crippen molar-refractivity contribution in [3.05, 3.63) is 57.9 Å². The Morgan fingerprint density at radius 2 is 1.92 bits per heavy atom. The lowest BCUT2D eigenvalue weighted by molar-refractivity contribution is 0.0995. The summed E-state index contributed by atoms with van der Waals surface area (Å²) in [5, 5.41) is 0. The van der Waals surface area contributed by atoms with Crippen LogP contribution < -0.4 is 4.80 Å². The second-order valence-electron chi connectivity index (χ2n) is 6.06. The van der Waals surface area contributed by atoms with E-state index in [1.165, 1.54) is 21.3 Å². The van der Waals surface area contributed by atoms with Gasteiger partial charge >= 0.3 is 0 Å². The van der Waals surface area contributed by atoms with E-state index in [2.05, 4.69) is 42.5 Å². The molecule has 0 aliphatic heterocycles. The molecule has 0 saturated heterocycles. The summed E-state index contributed by atoms with van der Waals surface area (Å²) in [6.45, 7) is 7.25. The van der Waals surface area contributed by atoms with E-state index in [1.54, 1.807) is 23.1 Å². The normalized spacial score (nSPS) is 12.1. The van der Waals surface area contributed by atoms with E-state index in [1.807, 2.05) is 30.5 Å². The molecule has 0 aliphatic carbocycles. The van der Waals surface area contributed by atoms with Crippen molar-refractivity contribution in [2.24, 2.45) is 4.99 Å². The maximum Gasteiger partial charge on any atom is 0.280 e. The number of carbonyl (C=O) groups excluding carboxylic acids is 1. The molecule has 1 aromatic heterocycles. The lowest BCUT2D eigenvalue weighted by Gasteiger charge is -2.05. The molecule has 0 fully saturated rings. The predicted octanol–water partition coefficient (Wildman–Crippen LogP) is 5.19. The monoisotopic (exact) mass is 370 g/mol. The molecule has 3 rings (SSSR count). The average Bonchev–Trinajstić information content (AvgIpc) is 2.92. The summed E-state index contributed by atoms with van der Waals surface area (Å²) in [5.74, 6) is -0.171. The molecular formula is C20H22N2OS2. The van der Waals surface area contributed by atoms with E-state index >= 15 is 0 Å². The highest BCUT2D eigenvalue weighted by Crippen LogP contribution is 2.23. The van der Waals surface area contributed by atoms with Crippen molar-refractivity contribution < 1.29 is 4.79 Å². The molecule has 1 heterocycles. The van der Waals surface area contributed by atoms with E-state index in [0.29, 0.717) is 5.56 Å². The molecule has 5 heteroatoms. The van der Waals surface area contributed by atoms with Crippen molar-refractivity contribution in [1.82, 2.24) is 4.57 Å². The Kier molecular flexibility index (Phi) is 5.45. The number of benzene rings is 2. The van der Waals surface area contributed by atoms with E-state index < -0.39 is 0 Å². The third kappa shape index (κ3) is 3.58. The van der Waals surface area contributed by atoms with Crippen LogP contribution in [0.1, 0.15) is 34.8 Å². The van der Waals surface area contributed by atoms with Crippen LogP contribution in [0.15, 0.2) is 46.3 Å². The Morgan fingerprint density at radius 3 is 2.64 bits per heavy atom. The highest BCUT2D eigenvalue weighted by atomic mass is 32.2. The largest absolute Gasteiger partial charge is 0.316 e. The lowest BCUT2D eigenvalue weighted by Crippen LogP contribution is -2.17. The molecule has 0 spiro atoms. The van der Waals surface area contributed by atoms with Gasteiger partial charge in [-0.1, -0.05) is 30.4 Å². The van der Waals surface area contributed by atoms with E-state index in [9.17, 15) is 4.79 Å². The zero-order valence-electron chi connectivity index (χ0n) is 15.0. The number of thioether (sulfide) groups is 1. The summed E-state index contributed by atoms with van der Waals surface area (Å²) < 4.78 is 3.35. The Hall–Kier alpha value is -1.85. The minimum atomic E-state index is -0.171. The van der Waals surface area contributed by atoms with Gasteiger partial charge in [0.25, 0.3) is 5.91 Å². The molecular weight excluding hydrogens is 348 g/mol. The van der Waals surface area contributed by atoms with Crippen molar-refractivity contribution in [2.45, 2.75) is 38.6 Å². The van der Waals surface area contributed by atoms with Gasteiger partial charge in [-0.3, -0.25) is 4.79 Å². The average molecular weight is 371 g/mol. The van der Waals surface area contributed by atoms with Crippen LogP contribution >= 0.6 is 23.1 Å². The fourth-order valence-corrected chi connectivity index (χ4v) is 4.54. The topological polar surface area (TPSA) is 34.4 Å². The summed E-state index contributed by atoms with van der Waals surface area (Å²) in [5.41, 5.74) is 4.37. The Labute approximate surface area is 156 Å². The summed E-state index contributed by atoms with van der Waals surface area (Å²) in [6, 6.07) is 12.1. The van der Waals surface area contributed by atoms with Crippen LogP contribution in [0.5, 0.6) is 0 Å². The number of nitrogens with zero attached hydrogens (tertiary/aromatic N) is 2. The molecule has 2 aromatic carbocycles. The number of thiazole rings is 1. The van der Waals surface area contributed by atoms with Crippen LogP contribution in [0.4, 0.5) is 0 Å². The smallest absolute Gasteiger partial charge is 0.280 e. The van der Waals surface area contributed by atoms with Gasteiger partial charge in [-0.25, -0.2) is 0 Å². The van der Waals surface area contributed by atoms with Crippen molar-refractivity contribution in [2.75, 3.05) is 6.26 Å². The molecule has 0 aliphatic rings. The fraction of sp³-hybridized carbons (Fsp3) is 0.300. The molecule has 1 amide bonds. The molecule has 130 valence electrons. The Bertz CT molecular complexity index is 999. The first-order valence-electron chi connectivity index (χ1n) is 8.37. The quantitative estimate of drug-likeness (QED) is 0.592. The first-order chi connectivity index (χ1) is 12.0. The maximum absolute atomic E-state index is 12.8. The minimum Gasteiger partial charge on any atom is -0.316 e. The Balaban J connectivity index is 2.18. The van der Waals surface area contributed by atoms with Crippen LogP contribution in [-0.4, -0.2) is 16.7 Å². The van der Waals surface area contributed by atoms with Crippen LogP contribution in [0.2, 0.25) is 0 Å². The lowest BCUT2D eigenvalue weighted by atomic mass is 10.1. The van der Waals surface area contributed by atoms with Crippen LogP contribution in [-0.2, 0) is 6.54 Å². The van der Waals surface area contributed by atoms with E-state index in [4.69, 9.17) is 0 Å². The van der Waals surface area contributed by atoms with Gasteiger partial charge in [0, 0.05) is 11.4 Å².